The standard InChI is InChI=1S/C8H14O3/c1-6-2-8(5-10-6)3-7(9)4-11-8/h6-7,9H,2-5H2,1H3. The van der Waals surface area contributed by atoms with Gasteiger partial charge >= 0.3 is 0 Å². The van der Waals surface area contributed by atoms with Crippen molar-refractivity contribution in [3.8, 4) is 0 Å². The van der Waals surface area contributed by atoms with Crippen LogP contribution < -0.4 is 0 Å². The van der Waals surface area contributed by atoms with E-state index < -0.39 is 0 Å². The lowest BCUT2D eigenvalue weighted by Gasteiger charge is -2.18. The molecule has 2 aliphatic heterocycles. The van der Waals surface area contributed by atoms with Gasteiger partial charge in [-0.15, -0.1) is 0 Å². The minimum absolute atomic E-state index is 0.140. The first kappa shape index (κ1) is 7.53. The predicted octanol–water partition coefficient (Wildman–Crippen LogP) is 0.315. The van der Waals surface area contributed by atoms with Gasteiger partial charge in [-0.05, 0) is 6.92 Å². The van der Waals surface area contributed by atoms with Crippen molar-refractivity contribution in [1.82, 2.24) is 0 Å². The molecule has 3 nitrogen and oxygen atoms in total. The average Bonchev–Trinajstić information content (AvgIpc) is 2.44. The van der Waals surface area contributed by atoms with Crippen molar-refractivity contribution in [2.24, 2.45) is 0 Å². The van der Waals surface area contributed by atoms with Crippen LogP contribution >= 0.6 is 0 Å². The molecule has 1 spiro atoms. The third kappa shape index (κ3) is 1.28. The van der Waals surface area contributed by atoms with Crippen molar-refractivity contribution in [2.75, 3.05) is 13.2 Å². The Morgan fingerprint density at radius 3 is 2.73 bits per heavy atom. The molecule has 2 fully saturated rings. The van der Waals surface area contributed by atoms with Crippen LogP contribution in [0, 0.1) is 0 Å². The van der Waals surface area contributed by atoms with Crippen LogP contribution in [0.15, 0.2) is 0 Å². The van der Waals surface area contributed by atoms with Crippen LogP contribution in [0.2, 0.25) is 0 Å². The highest BCUT2D eigenvalue weighted by molar-refractivity contribution is 4.94. The Hall–Kier alpha value is -0.120. The zero-order valence-electron chi connectivity index (χ0n) is 6.75. The van der Waals surface area contributed by atoms with E-state index >= 15 is 0 Å². The highest BCUT2D eigenvalue weighted by atomic mass is 16.6. The van der Waals surface area contributed by atoms with Crippen molar-refractivity contribution in [1.29, 1.82) is 0 Å². The summed E-state index contributed by atoms with van der Waals surface area (Å²) < 4.78 is 10.9. The fourth-order valence-electron chi connectivity index (χ4n) is 2.00. The minimum atomic E-state index is -0.274. The molecule has 3 unspecified atom stereocenters. The van der Waals surface area contributed by atoms with Crippen molar-refractivity contribution in [3.63, 3.8) is 0 Å². The molecule has 2 rings (SSSR count). The third-order valence-electron chi connectivity index (χ3n) is 2.48. The van der Waals surface area contributed by atoms with Crippen molar-refractivity contribution >= 4 is 0 Å². The van der Waals surface area contributed by atoms with Crippen molar-refractivity contribution < 1.29 is 14.6 Å². The second-order valence-electron chi connectivity index (χ2n) is 3.68. The molecule has 1 N–H and O–H groups in total. The molecule has 0 aromatic rings. The molecule has 0 aliphatic carbocycles. The summed E-state index contributed by atoms with van der Waals surface area (Å²) in [6.07, 6.45) is 1.70. The quantitative estimate of drug-likeness (QED) is 0.551. The Morgan fingerprint density at radius 1 is 1.45 bits per heavy atom. The van der Waals surface area contributed by atoms with E-state index in [0.717, 1.165) is 12.8 Å². The number of aliphatic hydroxyl groups is 1. The number of rotatable bonds is 0. The maximum Gasteiger partial charge on any atom is 0.0966 e. The van der Waals surface area contributed by atoms with Crippen LogP contribution in [0.1, 0.15) is 19.8 Å². The van der Waals surface area contributed by atoms with Crippen LogP contribution in [0.4, 0.5) is 0 Å². The molecule has 2 aliphatic rings. The monoisotopic (exact) mass is 158 g/mol. The molecule has 0 aromatic carbocycles. The summed E-state index contributed by atoms with van der Waals surface area (Å²) in [5.74, 6) is 0. The molecule has 3 atom stereocenters. The number of hydrogen-bond donors (Lipinski definition) is 1. The van der Waals surface area contributed by atoms with Gasteiger partial charge in [0, 0.05) is 12.8 Å². The smallest absolute Gasteiger partial charge is 0.0966 e. The van der Waals surface area contributed by atoms with E-state index in [0.29, 0.717) is 19.3 Å². The van der Waals surface area contributed by atoms with Gasteiger partial charge in [0.2, 0.25) is 0 Å². The molecule has 0 saturated carbocycles. The van der Waals surface area contributed by atoms with E-state index in [1.807, 2.05) is 6.92 Å². The van der Waals surface area contributed by atoms with E-state index in [2.05, 4.69) is 0 Å². The van der Waals surface area contributed by atoms with Crippen LogP contribution in [0.3, 0.4) is 0 Å². The minimum Gasteiger partial charge on any atom is -0.391 e. The topological polar surface area (TPSA) is 38.7 Å². The summed E-state index contributed by atoms with van der Waals surface area (Å²) >= 11 is 0. The molecule has 0 bridgehead atoms. The second kappa shape index (κ2) is 2.44. The molecule has 2 heterocycles. The van der Waals surface area contributed by atoms with Gasteiger partial charge in [0.1, 0.15) is 0 Å². The molecule has 64 valence electrons. The first-order chi connectivity index (χ1) is 5.20. The van der Waals surface area contributed by atoms with Crippen LogP contribution in [0.5, 0.6) is 0 Å². The van der Waals surface area contributed by atoms with Gasteiger partial charge in [-0.3, -0.25) is 0 Å². The van der Waals surface area contributed by atoms with Gasteiger partial charge in [-0.2, -0.15) is 0 Å². The first-order valence-electron chi connectivity index (χ1n) is 4.14. The van der Waals surface area contributed by atoms with Gasteiger partial charge in [-0.25, -0.2) is 0 Å². The lowest BCUT2D eigenvalue weighted by atomic mass is 9.96. The summed E-state index contributed by atoms with van der Waals surface area (Å²) in [5, 5.41) is 9.26. The van der Waals surface area contributed by atoms with E-state index in [-0.39, 0.29) is 11.7 Å². The number of ether oxygens (including phenoxy) is 2. The summed E-state index contributed by atoms with van der Waals surface area (Å²) in [6, 6.07) is 0. The molecule has 2 saturated heterocycles. The van der Waals surface area contributed by atoms with Crippen LogP contribution in [0.25, 0.3) is 0 Å². The summed E-state index contributed by atoms with van der Waals surface area (Å²) in [6.45, 7) is 3.18. The van der Waals surface area contributed by atoms with Gasteiger partial charge in [0.05, 0.1) is 31.0 Å². The van der Waals surface area contributed by atoms with E-state index in [1.54, 1.807) is 0 Å². The predicted molar refractivity (Wildman–Crippen MR) is 39.3 cm³/mol. The van der Waals surface area contributed by atoms with E-state index in [4.69, 9.17) is 9.47 Å². The van der Waals surface area contributed by atoms with Gasteiger partial charge < -0.3 is 14.6 Å². The lowest BCUT2D eigenvalue weighted by Crippen LogP contribution is -2.28. The van der Waals surface area contributed by atoms with Gasteiger partial charge in [0.25, 0.3) is 0 Å². The fourth-order valence-corrected chi connectivity index (χ4v) is 2.00. The van der Waals surface area contributed by atoms with Crippen LogP contribution in [-0.4, -0.2) is 36.1 Å². The maximum absolute atomic E-state index is 9.26. The number of aliphatic hydroxyl groups excluding tert-OH is 1. The zero-order valence-corrected chi connectivity index (χ0v) is 6.75. The second-order valence-corrected chi connectivity index (χ2v) is 3.68. The Labute approximate surface area is 66.3 Å². The molecule has 0 radical (unpaired) electrons. The third-order valence-corrected chi connectivity index (χ3v) is 2.48. The normalized spacial score (nSPS) is 50.7. The zero-order chi connectivity index (χ0) is 7.90. The van der Waals surface area contributed by atoms with Crippen molar-refractivity contribution in [2.45, 2.75) is 37.6 Å². The summed E-state index contributed by atoms with van der Waals surface area (Å²) in [5.41, 5.74) is -0.140. The number of hydrogen-bond acceptors (Lipinski definition) is 3. The summed E-state index contributed by atoms with van der Waals surface area (Å²) in [4.78, 5) is 0. The Kier molecular flexibility index (Phi) is 1.67. The van der Waals surface area contributed by atoms with Gasteiger partial charge in [-0.1, -0.05) is 0 Å². The van der Waals surface area contributed by atoms with Crippen LogP contribution in [-0.2, 0) is 9.47 Å². The van der Waals surface area contributed by atoms with Crippen molar-refractivity contribution in [3.05, 3.63) is 0 Å². The first-order valence-corrected chi connectivity index (χ1v) is 4.14. The highest BCUT2D eigenvalue weighted by Gasteiger charge is 2.45. The lowest BCUT2D eigenvalue weighted by molar-refractivity contribution is -0.00714. The molecule has 3 heteroatoms. The molecular formula is C8H14O3. The van der Waals surface area contributed by atoms with E-state index in [9.17, 15) is 5.11 Å². The van der Waals surface area contributed by atoms with E-state index in [1.165, 1.54) is 0 Å². The molecular weight excluding hydrogens is 144 g/mol. The maximum atomic E-state index is 9.26. The Bertz CT molecular complexity index is 139. The Balaban J connectivity index is 2.02. The van der Waals surface area contributed by atoms with Gasteiger partial charge in [0.15, 0.2) is 0 Å². The summed E-state index contributed by atoms with van der Waals surface area (Å²) in [7, 11) is 0. The highest BCUT2D eigenvalue weighted by Crippen LogP contribution is 2.36. The fraction of sp³-hybridized carbons (Fsp3) is 1.00. The average molecular weight is 158 g/mol. The Morgan fingerprint density at radius 2 is 2.27 bits per heavy atom. The largest absolute Gasteiger partial charge is 0.391 e. The molecule has 0 amide bonds. The molecule has 0 aromatic heterocycles. The SMILES string of the molecule is CC1CC2(CO1)CC(O)CO2. The molecule has 11 heavy (non-hydrogen) atoms.